The predicted molar refractivity (Wildman–Crippen MR) is 93.7 cm³/mol. The van der Waals surface area contributed by atoms with Crippen molar-refractivity contribution in [1.82, 2.24) is 9.78 Å². The maximum Gasteiger partial charge on any atom is 0.311 e. The van der Waals surface area contributed by atoms with Crippen molar-refractivity contribution in [3.05, 3.63) is 51.3 Å². The number of nitro groups is 1. The quantitative estimate of drug-likeness (QED) is 0.414. The predicted octanol–water partition coefficient (Wildman–Crippen LogP) is 3.67. The highest BCUT2D eigenvalue weighted by Crippen LogP contribution is 2.27. The van der Waals surface area contributed by atoms with Gasteiger partial charge in [-0.05, 0) is 24.8 Å². The van der Waals surface area contributed by atoms with Crippen LogP contribution < -0.4 is 4.74 Å². The summed E-state index contributed by atoms with van der Waals surface area (Å²) in [5, 5.41) is 15.3. The van der Waals surface area contributed by atoms with Gasteiger partial charge in [0, 0.05) is 18.6 Å². The van der Waals surface area contributed by atoms with Gasteiger partial charge in [-0.25, -0.2) is 0 Å². The Bertz CT molecular complexity index is 750. The Labute approximate surface area is 146 Å². The summed E-state index contributed by atoms with van der Waals surface area (Å²) in [6.45, 7) is 6.36. The average Bonchev–Trinajstić information content (AvgIpc) is 2.91. The van der Waals surface area contributed by atoms with Crippen LogP contribution in [0.15, 0.2) is 24.3 Å². The van der Waals surface area contributed by atoms with Crippen molar-refractivity contribution in [1.29, 1.82) is 0 Å². The van der Waals surface area contributed by atoms with Crippen molar-refractivity contribution < 1.29 is 14.5 Å². The highest BCUT2D eigenvalue weighted by molar-refractivity contribution is 5.73. The number of non-ortho nitro benzene ring substituents is 1. The van der Waals surface area contributed by atoms with E-state index in [2.05, 4.69) is 5.10 Å². The van der Waals surface area contributed by atoms with Crippen LogP contribution in [-0.2, 0) is 24.2 Å². The Hall–Kier alpha value is -2.70. The molecule has 0 radical (unpaired) electrons. The Morgan fingerprint density at radius 1 is 1.20 bits per heavy atom. The third-order valence-electron chi connectivity index (χ3n) is 3.90. The topological polar surface area (TPSA) is 87.3 Å². The van der Waals surface area contributed by atoms with Gasteiger partial charge in [0.2, 0.25) is 0 Å². The lowest BCUT2D eigenvalue weighted by Crippen LogP contribution is -2.10. The standard InChI is InChI=1S/C18H23N3O4/c1-4-7-17(22)25-18-15(5-2)19-20(16(18)6-3)12-13-8-10-14(11-9-13)21(23)24/h8-11H,4-7,12H2,1-3H3. The lowest BCUT2D eigenvalue weighted by molar-refractivity contribution is -0.384. The molecule has 0 N–H and O–H groups in total. The van der Waals surface area contributed by atoms with Gasteiger partial charge in [0.25, 0.3) is 5.69 Å². The summed E-state index contributed by atoms with van der Waals surface area (Å²) in [5.74, 6) is 0.312. The van der Waals surface area contributed by atoms with E-state index in [1.165, 1.54) is 12.1 Å². The molecule has 0 aliphatic heterocycles. The lowest BCUT2D eigenvalue weighted by Gasteiger charge is -2.08. The number of hydrogen-bond donors (Lipinski definition) is 0. The molecule has 0 fully saturated rings. The van der Waals surface area contributed by atoms with Crippen LogP contribution in [0.25, 0.3) is 0 Å². The molecule has 0 bridgehead atoms. The minimum Gasteiger partial charge on any atom is -0.423 e. The highest BCUT2D eigenvalue weighted by atomic mass is 16.6. The first-order valence-electron chi connectivity index (χ1n) is 8.52. The number of esters is 1. The maximum atomic E-state index is 11.9. The molecule has 0 spiro atoms. The molecule has 7 heteroatoms. The Morgan fingerprint density at radius 2 is 1.88 bits per heavy atom. The average molecular weight is 345 g/mol. The SMILES string of the molecule is CCCC(=O)Oc1c(CC)nn(Cc2ccc([N+](=O)[O-])cc2)c1CC. The fourth-order valence-corrected chi connectivity index (χ4v) is 2.62. The van der Waals surface area contributed by atoms with Gasteiger partial charge in [0.05, 0.1) is 17.2 Å². The molecule has 7 nitrogen and oxygen atoms in total. The number of nitrogens with zero attached hydrogens (tertiary/aromatic N) is 3. The third kappa shape index (κ3) is 4.43. The molecule has 134 valence electrons. The second-order valence-electron chi connectivity index (χ2n) is 5.73. The first-order valence-corrected chi connectivity index (χ1v) is 8.52. The summed E-state index contributed by atoms with van der Waals surface area (Å²) in [5.41, 5.74) is 2.57. The molecule has 1 heterocycles. The highest BCUT2D eigenvalue weighted by Gasteiger charge is 2.20. The lowest BCUT2D eigenvalue weighted by atomic mass is 10.2. The van der Waals surface area contributed by atoms with Gasteiger partial charge in [-0.15, -0.1) is 0 Å². The van der Waals surface area contributed by atoms with Crippen molar-refractivity contribution in [3.8, 4) is 5.75 Å². The first-order chi connectivity index (χ1) is 12.0. The van der Waals surface area contributed by atoms with Crippen LogP contribution in [0.1, 0.15) is 50.6 Å². The molecule has 2 rings (SSSR count). The number of rotatable bonds is 8. The van der Waals surface area contributed by atoms with Gasteiger partial charge in [0.15, 0.2) is 5.75 Å². The molecule has 0 aliphatic carbocycles. The van der Waals surface area contributed by atoms with E-state index in [4.69, 9.17) is 4.74 Å². The molecule has 0 saturated carbocycles. The molecule has 2 aromatic rings. The summed E-state index contributed by atoms with van der Waals surface area (Å²) in [7, 11) is 0. The van der Waals surface area contributed by atoms with Gasteiger partial charge in [-0.3, -0.25) is 19.6 Å². The van der Waals surface area contributed by atoms with E-state index >= 15 is 0 Å². The van der Waals surface area contributed by atoms with Gasteiger partial charge in [0.1, 0.15) is 5.69 Å². The molecule has 0 saturated heterocycles. The Kier molecular flexibility index (Phi) is 6.27. The molecule has 0 unspecified atom stereocenters. The second-order valence-corrected chi connectivity index (χ2v) is 5.73. The van der Waals surface area contributed by atoms with Crippen molar-refractivity contribution >= 4 is 11.7 Å². The van der Waals surface area contributed by atoms with Crippen molar-refractivity contribution in [3.63, 3.8) is 0 Å². The molecule has 1 aromatic carbocycles. The molecular formula is C18H23N3O4. The van der Waals surface area contributed by atoms with Crippen LogP contribution in [0, 0.1) is 10.1 Å². The fourth-order valence-electron chi connectivity index (χ4n) is 2.62. The minimum atomic E-state index is -0.421. The number of benzene rings is 1. The van der Waals surface area contributed by atoms with Crippen molar-refractivity contribution in [2.75, 3.05) is 0 Å². The summed E-state index contributed by atoms with van der Waals surface area (Å²) < 4.78 is 7.37. The number of carbonyl (C=O) groups is 1. The summed E-state index contributed by atoms with van der Waals surface area (Å²) >= 11 is 0. The number of hydrogen-bond acceptors (Lipinski definition) is 5. The first kappa shape index (κ1) is 18.6. The van der Waals surface area contributed by atoms with Crippen LogP contribution in [0.2, 0.25) is 0 Å². The number of aryl methyl sites for hydroxylation is 1. The van der Waals surface area contributed by atoms with E-state index in [-0.39, 0.29) is 11.7 Å². The summed E-state index contributed by atoms with van der Waals surface area (Å²) in [6, 6.07) is 6.39. The summed E-state index contributed by atoms with van der Waals surface area (Å²) in [6.07, 6.45) is 2.45. The molecule has 0 amide bonds. The fraction of sp³-hybridized carbons (Fsp3) is 0.444. The van der Waals surface area contributed by atoms with E-state index in [0.29, 0.717) is 31.6 Å². The van der Waals surface area contributed by atoms with Crippen LogP contribution >= 0.6 is 0 Å². The van der Waals surface area contributed by atoms with Crippen LogP contribution in [0.3, 0.4) is 0 Å². The zero-order chi connectivity index (χ0) is 18.4. The normalized spacial score (nSPS) is 10.7. The zero-order valence-electron chi connectivity index (χ0n) is 14.8. The molecule has 0 atom stereocenters. The Morgan fingerprint density at radius 3 is 2.40 bits per heavy atom. The number of carbonyl (C=O) groups excluding carboxylic acids is 1. The van der Waals surface area contributed by atoms with E-state index in [9.17, 15) is 14.9 Å². The smallest absolute Gasteiger partial charge is 0.311 e. The van der Waals surface area contributed by atoms with Gasteiger partial charge in [-0.1, -0.05) is 32.9 Å². The van der Waals surface area contributed by atoms with Crippen LogP contribution in [0.5, 0.6) is 5.75 Å². The van der Waals surface area contributed by atoms with Crippen LogP contribution in [0.4, 0.5) is 5.69 Å². The largest absolute Gasteiger partial charge is 0.423 e. The van der Waals surface area contributed by atoms with Crippen LogP contribution in [-0.4, -0.2) is 20.7 Å². The van der Waals surface area contributed by atoms with Gasteiger partial charge >= 0.3 is 5.97 Å². The maximum absolute atomic E-state index is 11.9. The molecule has 25 heavy (non-hydrogen) atoms. The summed E-state index contributed by atoms with van der Waals surface area (Å²) in [4.78, 5) is 22.2. The number of nitro benzene ring substituents is 1. The van der Waals surface area contributed by atoms with Gasteiger partial charge in [-0.2, -0.15) is 5.10 Å². The van der Waals surface area contributed by atoms with E-state index in [0.717, 1.165) is 23.4 Å². The monoisotopic (exact) mass is 345 g/mol. The zero-order valence-corrected chi connectivity index (χ0v) is 14.8. The van der Waals surface area contributed by atoms with Crippen molar-refractivity contribution in [2.24, 2.45) is 0 Å². The van der Waals surface area contributed by atoms with Crippen molar-refractivity contribution in [2.45, 2.75) is 53.0 Å². The Balaban J connectivity index is 2.29. The van der Waals surface area contributed by atoms with E-state index in [1.807, 2.05) is 25.5 Å². The van der Waals surface area contributed by atoms with E-state index < -0.39 is 4.92 Å². The van der Waals surface area contributed by atoms with E-state index in [1.54, 1.807) is 12.1 Å². The second kappa shape index (κ2) is 8.41. The molecule has 0 aliphatic rings. The molecular weight excluding hydrogens is 322 g/mol. The third-order valence-corrected chi connectivity index (χ3v) is 3.90. The minimum absolute atomic E-state index is 0.0587. The van der Waals surface area contributed by atoms with Gasteiger partial charge < -0.3 is 4.74 Å². The molecule has 1 aromatic heterocycles. The number of ether oxygens (including phenoxy) is 1. The number of aromatic nitrogens is 2.